The normalized spacial score (nSPS) is 12.6. The van der Waals surface area contributed by atoms with Crippen LogP contribution in [-0.2, 0) is 32.7 Å². The van der Waals surface area contributed by atoms with Crippen LogP contribution in [0.25, 0.3) is 0 Å². The fourth-order valence-corrected chi connectivity index (χ4v) is 5.63. The Morgan fingerprint density at radius 2 is 1.54 bits per heavy atom. The number of sulfonamides is 1. The molecule has 0 bridgehead atoms. The number of halogens is 1. The molecule has 5 rings (SSSR count). The van der Waals surface area contributed by atoms with E-state index in [0.29, 0.717) is 17.2 Å². The van der Waals surface area contributed by atoms with Gasteiger partial charge >= 0.3 is 0 Å². The molecule has 0 unspecified atom stereocenters. The molecule has 2 amide bonds. The third kappa shape index (κ3) is 8.04. The number of benzene rings is 4. The van der Waals surface area contributed by atoms with Gasteiger partial charge in [-0.2, -0.15) is 0 Å². The van der Waals surface area contributed by atoms with Gasteiger partial charge in [-0.25, -0.2) is 12.8 Å². The fraction of sp³-hybridized carbons (Fsp3) is 0.212. The number of carbonyl (C=O) groups excluding carboxylic acids is 2. The topological polar surface area (TPSA) is 132 Å². The fourth-order valence-electron chi connectivity index (χ4n) is 4.57. The molecule has 0 saturated heterocycles. The van der Waals surface area contributed by atoms with Crippen LogP contribution in [0.4, 0.5) is 10.1 Å². The Morgan fingerprint density at radius 1 is 0.891 bits per heavy atom. The average molecular weight is 650 g/mol. The number of nitrogens with one attached hydrogen (secondary N) is 2. The second-order valence-corrected chi connectivity index (χ2v) is 12.0. The number of fused-ring (bicyclic) bond motifs is 1. The molecule has 0 aliphatic carbocycles. The Morgan fingerprint density at radius 3 is 2.24 bits per heavy atom. The number of carbonyl (C=O) groups is 2. The van der Waals surface area contributed by atoms with Crippen molar-refractivity contribution in [3.05, 3.63) is 108 Å². The summed E-state index contributed by atoms with van der Waals surface area (Å²) < 4.78 is 62.7. The molecule has 240 valence electrons. The zero-order valence-electron chi connectivity index (χ0n) is 25.1. The van der Waals surface area contributed by atoms with Crippen molar-refractivity contribution in [1.29, 1.82) is 0 Å². The standard InChI is InChI=1S/C33H32FN3O8S/c1-22(33(39)35-18-24-5-16-30-31(17-24)45-21-44-30)37(19-23-3-10-27(42-2)11-4-23)32(38)20-43-28-12-14-29(15-13-28)46(40,41)36-26-8-6-25(34)7-9-26/h3-17,22,36H,18-21H2,1-2H3,(H,35,39)/t22-/m0/s1. The number of hydrogen-bond acceptors (Lipinski definition) is 8. The second kappa shape index (κ2) is 14.2. The van der Waals surface area contributed by atoms with Gasteiger partial charge in [-0.1, -0.05) is 18.2 Å². The highest BCUT2D eigenvalue weighted by molar-refractivity contribution is 7.92. The second-order valence-electron chi connectivity index (χ2n) is 10.3. The summed E-state index contributed by atoms with van der Waals surface area (Å²) >= 11 is 0. The quantitative estimate of drug-likeness (QED) is 0.217. The van der Waals surface area contributed by atoms with Gasteiger partial charge in [-0.05, 0) is 90.8 Å². The smallest absolute Gasteiger partial charge is 0.261 e. The van der Waals surface area contributed by atoms with Crippen LogP contribution < -0.4 is 29.0 Å². The Hall–Kier alpha value is -5.30. The van der Waals surface area contributed by atoms with E-state index in [-0.39, 0.29) is 42.1 Å². The van der Waals surface area contributed by atoms with E-state index in [4.69, 9.17) is 18.9 Å². The maximum absolute atomic E-state index is 13.5. The number of methoxy groups -OCH3 is 1. The van der Waals surface area contributed by atoms with Crippen LogP contribution in [0.2, 0.25) is 0 Å². The van der Waals surface area contributed by atoms with E-state index in [1.54, 1.807) is 50.4 Å². The Labute approximate surface area is 265 Å². The number of rotatable bonds is 13. The lowest BCUT2D eigenvalue weighted by atomic mass is 10.1. The molecule has 0 saturated carbocycles. The minimum atomic E-state index is -3.95. The highest BCUT2D eigenvalue weighted by atomic mass is 32.2. The lowest BCUT2D eigenvalue weighted by Crippen LogP contribution is -2.48. The van der Waals surface area contributed by atoms with Crippen molar-refractivity contribution in [1.82, 2.24) is 10.2 Å². The number of anilines is 1. The molecule has 0 aromatic heterocycles. The first-order chi connectivity index (χ1) is 22.1. The summed E-state index contributed by atoms with van der Waals surface area (Å²) in [7, 11) is -2.39. The van der Waals surface area contributed by atoms with Crippen LogP contribution >= 0.6 is 0 Å². The number of amides is 2. The van der Waals surface area contributed by atoms with E-state index >= 15 is 0 Å². The molecule has 4 aromatic carbocycles. The van der Waals surface area contributed by atoms with Crippen molar-refractivity contribution in [2.45, 2.75) is 31.0 Å². The number of nitrogens with zero attached hydrogens (tertiary/aromatic N) is 1. The largest absolute Gasteiger partial charge is 0.497 e. The number of hydrogen-bond donors (Lipinski definition) is 2. The molecule has 0 spiro atoms. The minimum absolute atomic E-state index is 0.0515. The molecule has 11 nitrogen and oxygen atoms in total. The van der Waals surface area contributed by atoms with Crippen LogP contribution in [0.3, 0.4) is 0 Å². The first-order valence-electron chi connectivity index (χ1n) is 14.2. The van der Waals surface area contributed by atoms with Crippen LogP contribution in [0.5, 0.6) is 23.0 Å². The Balaban J connectivity index is 1.23. The molecular formula is C33H32FN3O8S. The van der Waals surface area contributed by atoms with Gasteiger partial charge < -0.3 is 29.2 Å². The monoisotopic (exact) mass is 649 g/mol. The van der Waals surface area contributed by atoms with Crippen LogP contribution in [-0.4, -0.2) is 51.7 Å². The Kier molecular flexibility index (Phi) is 9.91. The van der Waals surface area contributed by atoms with Gasteiger partial charge in [0.2, 0.25) is 12.7 Å². The summed E-state index contributed by atoms with van der Waals surface area (Å²) in [4.78, 5) is 28.1. The maximum atomic E-state index is 13.5. The van der Waals surface area contributed by atoms with Crippen LogP contribution in [0, 0.1) is 5.82 Å². The third-order valence-electron chi connectivity index (χ3n) is 7.18. The van der Waals surface area contributed by atoms with Crippen molar-refractivity contribution in [3.8, 4) is 23.0 Å². The van der Waals surface area contributed by atoms with Crippen molar-refractivity contribution in [2.75, 3.05) is 25.2 Å². The number of ether oxygens (including phenoxy) is 4. The van der Waals surface area contributed by atoms with E-state index in [0.717, 1.165) is 23.3 Å². The summed E-state index contributed by atoms with van der Waals surface area (Å²) in [6.07, 6.45) is 0. The molecule has 0 radical (unpaired) electrons. The molecule has 1 heterocycles. The molecular weight excluding hydrogens is 617 g/mol. The van der Waals surface area contributed by atoms with E-state index in [1.807, 2.05) is 6.07 Å². The summed E-state index contributed by atoms with van der Waals surface area (Å²) in [6.45, 7) is 1.70. The predicted octanol–water partition coefficient (Wildman–Crippen LogP) is 4.48. The third-order valence-corrected chi connectivity index (χ3v) is 8.57. The van der Waals surface area contributed by atoms with Gasteiger partial charge in [-0.3, -0.25) is 14.3 Å². The lowest BCUT2D eigenvalue weighted by molar-refractivity contribution is -0.142. The van der Waals surface area contributed by atoms with E-state index in [2.05, 4.69) is 10.0 Å². The van der Waals surface area contributed by atoms with Crippen molar-refractivity contribution in [3.63, 3.8) is 0 Å². The summed E-state index contributed by atoms with van der Waals surface area (Å²) in [5.41, 5.74) is 1.78. The van der Waals surface area contributed by atoms with Crippen LogP contribution in [0.15, 0.2) is 95.9 Å². The van der Waals surface area contributed by atoms with Gasteiger partial charge in [0, 0.05) is 18.8 Å². The molecule has 2 N–H and O–H groups in total. The Bertz CT molecular complexity index is 1780. The summed E-state index contributed by atoms with van der Waals surface area (Å²) in [5, 5.41) is 2.87. The van der Waals surface area contributed by atoms with Crippen LogP contribution in [0.1, 0.15) is 18.1 Å². The lowest BCUT2D eigenvalue weighted by Gasteiger charge is -2.29. The van der Waals surface area contributed by atoms with Crippen molar-refractivity contribution >= 4 is 27.5 Å². The summed E-state index contributed by atoms with van der Waals surface area (Å²) in [6, 6.07) is 22.1. The molecule has 0 fully saturated rings. The molecule has 1 aliphatic rings. The van der Waals surface area contributed by atoms with E-state index in [1.165, 1.54) is 41.3 Å². The van der Waals surface area contributed by atoms with Crippen molar-refractivity contribution in [2.24, 2.45) is 0 Å². The molecule has 1 atom stereocenters. The highest BCUT2D eigenvalue weighted by Gasteiger charge is 2.27. The first-order valence-corrected chi connectivity index (χ1v) is 15.7. The first kappa shape index (κ1) is 32.1. The molecule has 46 heavy (non-hydrogen) atoms. The van der Waals surface area contributed by atoms with Gasteiger partial charge in [-0.15, -0.1) is 0 Å². The average Bonchev–Trinajstić information content (AvgIpc) is 3.54. The van der Waals surface area contributed by atoms with Gasteiger partial charge in [0.1, 0.15) is 23.4 Å². The van der Waals surface area contributed by atoms with E-state index < -0.39 is 34.4 Å². The van der Waals surface area contributed by atoms with E-state index in [9.17, 15) is 22.4 Å². The zero-order chi connectivity index (χ0) is 32.7. The SMILES string of the molecule is COc1ccc(CN(C(=O)COc2ccc(S(=O)(=O)Nc3ccc(F)cc3)cc2)[C@@H](C)C(=O)NCc2ccc3c(c2)OCO3)cc1. The van der Waals surface area contributed by atoms with Crippen molar-refractivity contribution < 1.29 is 41.3 Å². The predicted molar refractivity (Wildman–Crippen MR) is 167 cm³/mol. The minimum Gasteiger partial charge on any atom is -0.497 e. The maximum Gasteiger partial charge on any atom is 0.261 e. The van der Waals surface area contributed by atoms with Gasteiger partial charge in [0.05, 0.1) is 12.0 Å². The highest BCUT2D eigenvalue weighted by Crippen LogP contribution is 2.32. The molecule has 13 heteroatoms. The van der Waals surface area contributed by atoms with Gasteiger partial charge in [0.25, 0.3) is 15.9 Å². The molecule has 4 aromatic rings. The zero-order valence-corrected chi connectivity index (χ0v) is 25.9. The summed E-state index contributed by atoms with van der Waals surface area (Å²) in [5.74, 6) is 0.814. The van der Waals surface area contributed by atoms with Gasteiger partial charge in [0.15, 0.2) is 18.1 Å². The molecule has 1 aliphatic heterocycles.